The number of nitrogens with one attached hydrogen (secondary N) is 1. The average Bonchev–Trinajstić information content (AvgIpc) is 2.45. The number of benzene rings is 1. The van der Waals surface area contributed by atoms with E-state index in [-0.39, 0.29) is 0 Å². The van der Waals surface area contributed by atoms with Crippen LogP contribution in [0.25, 0.3) is 0 Å². The molecule has 3 N–H and O–H groups in total. The molecule has 1 aromatic heterocycles. The van der Waals surface area contributed by atoms with Gasteiger partial charge in [-0.25, -0.2) is 0 Å². The Bertz CT molecular complexity index is 442. The quantitative estimate of drug-likeness (QED) is 0.601. The Morgan fingerprint density at radius 1 is 1.00 bits per heavy atom. The van der Waals surface area contributed by atoms with Crippen LogP contribution in [-0.2, 0) is 12.8 Å². The van der Waals surface area contributed by atoms with Gasteiger partial charge in [0.15, 0.2) is 0 Å². The van der Waals surface area contributed by atoms with E-state index in [4.69, 9.17) is 5.84 Å². The molecule has 0 amide bonds. The number of aryl methyl sites for hydroxylation is 1. The summed E-state index contributed by atoms with van der Waals surface area (Å²) >= 11 is 0. The minimum atomic E-state index is 0.306. The lowest BCUT2D eigenvalue weighted by atomic mass is 10.00. The summed E-state index contributed by atoms with van der Waals surface area (Å²) in [5.74, 6) is 5.62. The molecule has 1 unspecified atom stereocenters. The SMILES string of the molecule is NNC(CCc1ccncc1)Cc1ccccc1. The molecule has 18 heavy (non-hydrogen) atoms. The molecule has 0 spiro atoms. The first kappa shape index (κ1) is 12.7. The van der Waals surface area contributed by atoms with Gasteiger partial charge in [0.2, 0.25) is 0 Å². The standard InChI is InChI=1S/C15H19N3/c16-18-15(12-14-4-2-1-3-5-14)7-6-13-8-10-17-11-9-13/h1-5,8-11,15,18H,6-7,12,16H2. The highest BCUT2D eigenvalue weighted by Crippen LogP contribution is 2.09. The van der Waals surface area contributed by atoms with E-state index >= 15 is 0 Å². The van der Waals surface area contributed by atoms with Crippen molar-refractivity contribution < 1.29 is 0 Å². The first-order chi connectivity index (χ1) is 8.88. The van der Waals surface area contributed by atoms with Crippen molar-refractivity contribution in [1.29, 1.82) is 0 Å². The second kappa shape index (κ2) is 6.89. The highest BCUT2D eigenvalue weighted by atomic mass is 15.2. The lowest BCUT2D eigenvalue weighted by Crippen LogP contribution is -2.37. The molecule has 0 aliphatic heterocycles. The Kier molecular flexibility index (Phi) is 4.88. The Morgan fingerprint density at radius 2 is 1.72 bits per heavy atom. The summed E-state index contributed by atoms with van der Waals surface area (Å²) < 4.78 is 0. The first-order valence-corrected chi connectivity index (χ1v) is 6.27. The van der Waals surface area contributed by atoms with E-state index in [1.807, 2.05) is 18.5 Å². The summed E-state index contributed by atoms with van der Waals surface area (Å²) in [5.41, 5.74) is 5.52. The molecule has 0 fully saturated rings. The van der Waals surface area contributed by atoms with Crippen LogP contribution in [0.1, 0.15) is 17.5 Å². The Labute approximate surface area is 108 Å². The lowest BCUT2D eigenvalue weighted by molar-refractivity contribution is 0.491. The molecule has 1 heterocycles. The number of hydrogen-bond acceptors (Lipinski definition) is 3. The topological polar surface area (TPSA) is 50.9 Å². The van der Waals surface area contributed by atoms with E-state index in [0.29, 0.717) is 6.04 Å². The van der Waals surface area contributed by atoms with Crippen LogP contribution in [0.4, 0.5) is 0 Å². The molecule has 0 aliphatic carbocycles. The van der Waals surface area contributed by atoms with Crippen LogP contribution in [0.15, 0.2) is 54.9 Å². The van der Waals surface area contributed by atoms with E-state index in [1.165, 1.54) is 11.1 Å². The van der Waals surface area contributed by atoms with Gasteiger partial charge >= 0.3 is 0 Å². The van der Waals surface area contributed by atoms with Crippen molar-refractivity contribution in [2.24, 2.45) is 5.84 Å². The third-order valence-electron chi connectivity index (χ3n) is 3.09. The highest BCUT2D eigenvalue weighted by Gasteiger charge is 2.07. The zero-order valence-electron chi connectivity index (χ0n) is 10.4. The largest absolute Gasteiger partial charge is 0.271 e. The maximum Gasteiger partial charge on any atom is 0.0270 e. The molecule has 3 heteroatoms. The second-order valence-corrected chi connectivity index (χ2v) is 4.45. The molecule has 2 aromatic rings. The van der Waals surface area contributed by atoms with Crippen LogP contribution in [0.2, 0.25) is 0 Å². The molecule has 0 saturated carbocycles. The monoisotopic (exact) mass is 241 g/mol. The smallest absolute Gasteiger partial charge is 0.0270 e. The number of hydrogen-bond donors (Lipinski definition) is 2. The lowest BCUT2D eigenvalue weighted by Gasteiger charge is -2.15. The molecule has 0 aliphatic rings. The number of rotatable bonds is 6. The fourth-order valence-electron chi connectivity index (χ4n) is 2.03. The molecular weight excluding hydrogens is 222 g/mol. The van der Waals surface area contributed by atoms with Gasteiger partial charge in [-0.3, -0.25) is 16.3 Å². The molecule has 1 aromatic carbocycles. The number of nitrogens with two attached hydrogens (primary N) is 1. The van der Waals surface area contributed by atoms with Gasteiger partial charge in [-0.15, -0.1) is 0 Å². The fraction of sp³-hybridized carbons (Fsp3) is 0.267. The number of nitrogens with zero attached hydrogens (tertiary/aromatic N) is 1. The maximum atomic E-state index is 5.62. The third-order valence-corrected chi connectivity index (χ3v) is 3.09. The third kappa shape index (κ3) is 3.95. The number of aromatic nitrogens is 1. The fourth-order valence-corrected chi connectivity index (χ4v) is 2.03. The maximum absolute atomic E-state index is 5.62. The summed E-state index contributed by atoms with van der Waals surface area (Å²) in [5, 5.41) is 0. The van der Waals surface area contributed by atoms with E-state index < -0.39 is 0 Å². The van der Waals surface area contributed by atoms with E-state index in [2.05, 4.69) is 46.8 Å². The summed E-state index contributed by atoms with van der Waals surface area (Å²) in [6.45, 7) is 0. The summed E-state index contributed by atoms with van der Waals surface area (Å²) in [4.78, 5) is 4.02. The van der Waals surface area contributed by atoms with Gasteiger partial charge < -0.3 is 0 Å². The van der Waals surface area contributed by atoms with Crippen LogP contribution in [0, 0.1) is 0 Å². The summed E-state index contributed by atoms with van der Waals surface area (Å²) in [6.07, 6.45) is 6.66. The zero-order chi connectivity index (χ0) is 12.6. The number of pyridine rings is 1. The molecular formula is C15H19N3. The van der Waals surface area contributed by atoms with Gasteiger partial charge in [0.05, 0.1) is 0 Å². The Morgan fingerprint density at radius 3 is 2.39 bits per heavy atom. The summed E-state index contributed by atoms with van der Waals surface area (Å²) in [7, 11) is 0. The van der Waals surface area contributed by atoms with Crippen LogP contribution < -0.4 is 11.3 Å². The van der Waals surface area contributed by atoms with Crippen molar-refractivity contribution in [3.8, 4) is 0 Å². The van der Waals surface area contributed by atoms with Crippen molar-refractivity contribution >= 4 is 0 Å². The van der Waals surface area contributed by atoms with Crippen LogP contribution in [-0.4, -0.2) is 11.0 Å². The molecule has 2 rings (SSSR count). The predicted octanol–water partition coefficient (Wildman–Crippen LogP) is 2.09. The van der Waals surface area contributed by atoms with Crippen LogP contribution >= 0.6 is 0 Å². The predicted molar refractivity (Wildman–Crippen MR) is 73.8 cm³/mol. The van der Waals surface area contributed by atoms with Crippen molar-refractivity contribution in [3.63, 3.8) is 0 Å². The second-order valence-electron chi connectivity index (χ2n) is 4.45. The molecule has 0 saturated heterocycles. The Hall–Kier alpha value is -1.71. The van der Waals surface area contributed by atoms with E-state index in [9.17, 15) is 0 Å². The number of hydrazine groups is 1. The normalized spacial score (nSPS) is 12.3. The van der Waals surface area contributed by atoms with Crippen molar-refractivity contribution in [2.45, 2.75) is 25.3 Å². The van der Waals surface area contributed by atoms with Gasteiger partial charge in [0.1, 0.15) is 0 Å². The first-order valence-electron chi connectivity index (χ1n) is 6.27. The minimum absolute atomic E-state index is 0.306. The van der Waals surface area contributed by atoms with Gasteiger partial charge in [0.25, 0.3) is 0 Å². The Balaban J connectivity index is 1.86. The highest BCUT2D eigenvalue weighted by molar-refractivity contribution is 5.16. The van der Waals surface area contributed by atoms with E-state index in [0.717, 1.165) is 19.3 Å². The molecule has 94 valence electrons. The minimum Gasteiger partial charge on any atom is -0.271 e. The van der Waals surface area contributed by atoms with Gasteiger partial charge in [-0.1, -0.05) is 30.3 Å². The average molecular weight is 241 g/mol. The van der Waals surface area contributed by atoms with Crippen molar-refractivity contribution in [1.82, 2.24) is 10.4 Å². The van der Waals surface area contributed by atoms with Gasteiger partial charge in [-0.05, 0) is 42.5 Å². The van der Waals surface area contributed by atoms with Gasteiger partial charge in [0, 0.05) is 18.4 Å². The summed E-state index contributed by atoms with van der Waals surface area (Å²) in [6, 6.07) is 14.8. The molecule has 3 nitrogen and oxygen atoms in total. The van der Waals surface area contributed by atoms with E-state index in [1.54, 1.807) is 0 Å². The van der Waals surface area contributed by atoms with Crippen LogP contribution in [0.3, 0.4) is 0 Å². The molecule has 0 radical (unpaired) electrons. The van der Waals surface area contributed by atoms with Gasteiger partial charge in [-0.2, -0.15) is 0 Å². The van der Waals surface area contributed by atoms with Crippen molar-refractivity contribution in [3.05, 3.63) is 66.0 Å². The molecule has 1 atom stereocenters. The zero-order valence-corrected chi connectivity index (χ0v) is 10.4. The molecule has 0 bridgehead atoms. The van der Waals surface area contributed by atoms with Crippen LogP contribution in [0.5, 0.6) is 0 Å². The van der Waals surface area contributed by atoms with Crippen molar-refractivity contribution in [2.75, 3.05) is 0 Å².